The third-order valence-corrected chi connectivity index (χ3v) is 9.48. The molecule has 0 aliphatic rings. The summed E-state index contributed by atoms with van der Waals surface area (Å²) in [5.41, 5.74) is 1.32. The first kappa shape index (κ1) is 17.9. The van der Waals surface area contributed by atoms with Crippen molar-refractivity contribution in [3.8, 4) is 0 Å². The second-order valence-electron chi connectivity index (χ2n) is 6.92. The van der Waals surface area contributed by atoms with Gasteiger partial charge in [-0.3, -0.25) is 0 Å². The fourth-order valence-electron chi connectivity index (χ4n) is 1.85. The normalized spacial score (nSPS) is 15.8. The number of benzene rings is 1. The van der Waals surface area contributed by atoms with E-state index in [4.69, 9.17) is 4.43 Å². The van der Waals surface area contributed by atoms with Crippen LogP contribution in [0.4, 0.5) is 0 Å². The van der Waals surface area contributed by atoms with Crippen molar-refractivity contribution in [2.24, 2.45) is 0 Å². The molecule has 0 saturated heterocycles. The van der Waals surface area contributed by atoms with Gasteiger partial charge in [0.25, 0.3) is 0 Å². The molecule has 1 aromatic rings. The van der Waals surface area contributed by atoms with Crippen LogP contribution < -0.4 is 0 Å². The first-order valence-electron chi connectivity index (χ1n) is 7.14. The summed E-state index contributed by atoms with van der Waals surface area (Å²) in [6.45, 7) is 17.6. The molecule has 0 heterocycles. The summed E-state index contributed by atoms with van der Waals surface area (Å²) in [6.07, 6.45) is 2.04. The minimum atomic E-state index is -1.77. The van der Waals surface area contributed by atoms with Gasteiger partial charge in [-0.1, -0.05) is 45.9 Å². The van der Waals surface area contributed by atoms with Gasteiger partial charge in [0.2, 0.25) is 0 Å². The molecule has 0 saturated carbocycles. The minimum absolute atomic E-state index is 0.0779. The lowest BCUT2D eigenvalue weighted by molar-refractivity contribution is 0.201. The molecule has 0 aromatic heterocycles. The van der Waals surface area contributed by atoms with Crippen molar-refractivity contribution in [3.63, 3.8) is 0 Å². The molecule has 0 N–H and O–H groups in total. The van der Waals surface area contributed by atoms with Gasteiger partial charge in [0.15, 0.2) is 8.32 Å². The van der Waals surface area contributed by atoms with Gasteiger partial charge < -0.3 is 4.43 Å². The maximum Gasteiger partial charge on any atom is 0.192 e. The zero-order valence-corrected chi connectivity index (χ0v) is 16.7. The van der Waals surface area contributed by atoms with Crippen LogP contribution in [0, 0.1) is 3.57 Å². The average Bonchev–Trinajstić information content (AvgIpc) is 2.33. The van der Waals surface area contributed by atoms with Gasteiger partial charge in [-0.2, -0.15) is 0 Å². The molecule has 0 fully saturated rings. The fraction of sp³-hybridized carbons (Fsp3) is 0.529. The van der Waals surface area contributed by atoms with Crippen LogP contribution in [0.1, 0.15) is 39.2 Å². The summed E-state index contributed by atoms with van der Waals surface area (Å²) in [6, 6.07) is 8.64. The van der Waals surface area contributed by atoms with E-state index in [1.807, 2.05) is 6.08 Å². The second-order valence-corrected chi connectivity index (χ2v) is 12.9. The maximum atomic E-state index is 6.53. The average molecular weight is 402 g/mol. The van der Waals surface area contributed by atoms with Crippen LogP contribution in [0.5, 0.6) is 0 Å². The summed E-state index contributed by atoms with van der Waals surface area (Å²) in [5, 5.41) is 0.221. The van der Waals surface area contributed by atoms with Crippen molar-refractivity contribution in [3.05, 3.63) is 46.1 Å². The van der Waals surface area contributed by atoms with Crippen molar-refractivity contribution in [1.29, 1.82) is 0 Å². The summed E-state index contributed by atoms with van der Waals surface area (Å²) in [5.74, 6) is 0.330. The molecule has 1 nitrogen and oxygen atoms in total. The Hall–Kier alpha value is -0.133. The minimum Gasteiger partial charge on any atom is -0.410 e. The lowest BCUT2D eigenvalue weighted by atomic mass is 9.96. The molecule has 0 aliphatic carbocycles. The summed E-state index contributed by atoms with van der Waals surface area (Å²) in [7, 11) is -1.77. The van der Waals surface area contributed by atoms with E-state index in [1.54, 1.807) is 0 Å². The molecule has 1 rings (SSSR count). The molecule has 0 amide bonds. The lowest BCUT2D eigenvalue weighted by Gasteiger charge is -2.40. The van der Waals surface area contributed by atoms with E-state index in [9.17, 15) is 0 Å². The SMILES string of the molecule is C=CC(O[Si](C)(C)C(C)(C)C)C(C)c1cccc(I)c1. The molecular formula is C17H27IOSi. The van der Waals surface area contributed by atoms with Gasteiger partial charge in [0, 0.05) is 9.49 Å². The Morgan fingerprint density at radius 3 is 2.35 bits per heavy atom. The van der Waals surface area contributed by atoms with Crippen LogP contribution in [0.25, 0.3) is 0 Å². The largest absolute Gasteiger partial charge is 0.410 e. The van der Waals surface area contributed by atoms with Gasteiger partial charge in [-0.15, -0.1) is 6.58 Å². The van der Waals surface area contributed by atoms with Crippen LogP contribution in [-0.4, -0.2) is 14.4 Å². The van der Waals surface area contributed by atoms with Crippen molar-refractivity contribution >= 4 is 30.9 Å². The summed E-state index contributed by atoms with van der Waals surface area (Å²) in [4.78, 5) is 0. The van der Waals surface area contributed by atoms with E-state index in [0.29, 0.717) is 5.92 Å². The Morgan fingerprint density at radius 1 is 1.30 bits per heavy atom. The third kappa shape index (κ3) is 4.43. The molecule has 2 unspecified atom stereocenters. The highest BCUT2D eigenvalue weighted by molar-refractivity contribution is 14.1. The smallest absolute Gasteiger partial charge is 0.192 e. The van der Waals surface area contributed by atoms with E-state index in [1.165, 1.54) is 9.13 Å². The van der Waals surface area contributed by atoms with Crippen molar-refractivity contribution < 1.29 is 4.43 Å². The number of rotatable bonds is 5. The highest BCUT2D eigenvalue weighted by Crippen LogP contribution is 2.39. The molecule has 112 valence electrons. The maximum absolute atomic E-state index is 6.53. The summed E-state index contributed by atoms with van der Waals surface area (Å²) >= 11 is 2.36. The Labute approximate surface area is 139 Å². The quantitative estimate of drug-likeness (QED) is 0.335. The van der Waals surface area contributed by atoms with E-state index in [2.05, 4.69) is 94.2 Å². The predicted octanol–water partition coefficient (Wildman–Crippen LogP) is 5.97. The van der Waals surface area contributed by atoms with E-state index in [-0.39, 0.29) is 11.1 Å². The number of halogens is 1. The van der Waals surface area contributed by atoms with Gasteiger partial charge in [0.1, 0.15) is 0 Å². The highest BCUT2D eigenvalue weighted by atomic mass is 127. The Balaban J connectivity index is 2.94. The highest BCUT2D eigenvalue weighted by Gasteiger charge is 2.39. The molecule has 0 spiro atoms. The zero-order valence-electron chi connectivity index (χ0n) is 13.5. The Morgan fingerprint density at radius 2 is 1.90 bits per heavy atom. The van der Waals surface area contributed by atoms with E-state index < -0.39 is 8.32 Å². The van der Waals surface area contributed by atoms with Crippen molar-refractivity contribution in [2.75, 3.05) is 0 Å². The molecule has 0 radical (unpaired) electrons. The second kappa shape index (κ2) is 6.75. The van der Waals surface area contributed by atoms with Crippen LogP contribution in [0.2, 0.25) is 18.1 Å². The molecule has 0 bridgehead atoms. The van der Waals surface area contributed by atoms with E-state index in [0.717, 1.165) is 0 Å². The Bertz CT molecular complexity index is 462. The van der Waals surface area contributed by atoms with Gasteiger partial charge in [-0.05, 0) is 58.4 Å². The molecule has 1 aromatic carbocycles. The number of hydrogen-bond acceptors (Lipinski definition) is 1. The first-order chi connectivity index (χ1) is 9.08. The molecule has 0 aliphatic heterocycles. The molecule has 3 heteroatoms. The van der Waals surface area contributed by atoms with Crippen molar-refractivity contribution in [2.45, 2.75) is 57.8 Å². The first-order valence-corrected chi connectivity index (χ1v) is 11.1. The Kier molecular flexibility index (Phi) is 6.05. The van der Waals surface area contributed by atoms with Gasteiger partial charge in [0.05, 0.1) is 6.10 Å². The third-order valence-electron chi connectivity index (χ3n) is 4.34. The number of hydrogen-bond donors (Lipinski definition) is 0. The van der Waals surface area contributed by atoms with Gasteiger partial charge >= 0.3 is 0 Å². The fourth-order valence-corrected chi connectivity index (χ4v) is 3.75. The topological polar surface area (TPSA) is 9.23 Å². The molecule has 2 atom stereocenters. The van der Waals surface area contributed by atoms with Gasteiger partial charge in [-0.25, -0.2) is 0 Å². The predicted molar refractivity (Wildman–Crippen MR) is 99.8 cm³/mol. The van der Waals surface area contributed by atoms with Crippen molar-refractivity contribution in [1.82, 2.24) is 0 Å². The monoisotopic (exact) mass is 402 g/mol. The lowest BCUT2D eigenvalue weighted by Crippen LogP contribution is -2.44. The molecule has 20 heavy (non-hydrogen) atoms. The van der Waals surface area contributed by atoms with Crippen LogP contribution in [0.15, 0.2) is 36.9 Å². The van der Waals surface area contributed by atoms with E-state index >= 15 is 0 Å². The standard InChI is InChI=1S/C17H27IOSi/c1-8-16(19-20(6,7)17(3,4)5)13(2)14-10-9-11-15(18)12-14/h8-13,16H,1H2,2-7H3. The van der Waals surface area contributed by atoms with Crippen LogP contribution >= 0.6 is 22.6 Å². The zero-order chi connectivity index (χ0) is 15.6. The molecular weight excluding hydrogens is 375 g/mol. The van der Waals surface area contributed by atoms with Crippen LogP contribution in [0.3, 0.4) is 0 Å². The van der Waals surface area contributed by atoms with Crippen LogP contribution in [-0.2, 0) is 4.43 Å². The summed E-state index contributed by atoms with van der Waals surface area (Å²) < 4.78 is 7.79.